The number of hydrogen-bond donors (Lipinski definition) is 1. The Morgan fingerprint density at radius 3 is 3.19 bits per heavy atom. The lowest BCUT2D eigenvalue weighted by Gasteiger charge is -2.12. The molecule has 2 aromatic rings. The second-order valence-corrected chi connectivity index (χ2v) is 5.78. The van der Waals surface area contributed by atoms with Gasteiger partial charge >= 0.3 is 0 Å². The fraction of sp³-hybridized carbons (Fsp3) is 0.231. The molecule has 1 aliphatic heterocycles. The molecule has 0 fully saturated rings. The minimum atomic E-state index is -0.507. The Kier molecular flexibility index (Phi) is 4.25. The lowest BCUT2D eigenvalue weighted by Crippen LogP contribution is -2.13. The first-order chi connectivity index (χ1) is 10.2. The maximum Gasteiger partial charge on any atom is 0.160 e. The fourth-order valence-electron chi connectivity index (χ4n) is 1.99. The van der Waals surface area contributed by atoms with E-state index in [1.54, 1.807) is 24.0 Å². The number of aliphatic imine (C=N–C) groups is 1. The Morgan fingerprint density at radius 2 is 2.38 bits per heavy atom. The van der Waals surface area contributed by atoms with Crippen molar-refractivity contribution in [2.75, 3.05) is 19.1 Å². The van der Waals surface area contributed by atoms with Crippen LogP contribution in [0.4, 0.5) is 4.39 Å². The number of rotatable bonds is 4. The predicted octanol–water partition coefficient (Wildman–Crippen LogP) is 2.55. The zero-order chi connectivity index (χ0) is 14.8. The number of pyridine rings is 1. The Morgan fingerprint density at radius 1 is 1.52 bits per heavy atom. The molecule has 1 aliphatic rings. The first kappa shape index (κ1) is 14.5. The molecule has 0 amide bonds. The van der Waals surface area contributed by atoms with E-state index >= 15 is 0 Å². The van der Waals surface area contributed by atoms with E-state index in [0.29, 0.717) is 12.1 Å². The second kappa shape index (κ2) is 6.15. The first-order valence-corrected chi connectivity index (χ1v) is 7.56. The summed E-state index contributed by atoms with van der Waals surface area (Å²) in [5.74, 6) is 0.279. The van der Waals surface area contributed by atoms with Gasteiger partial charge in [-0.25, -0.2) is 13.9 Å². The van der Waals surface area contributed by atoms with Gasteiger partial charge in [-0.1, -0.05) is 11.6 Å². The zero-order valence-corrected chi connectivity index (χ0v) is 12.5. The molecule has 0 bridgehead atoms. The second-order valence-electron chi connectivity index (χ2n) is 4.28. The molecule has 0 aromatic carbocycles. The van der Waals surface area contributed by atoms with Gasteiger partial charge in [-0.3, -0.25) is 0 Å². The summed E-state index contributed by atoms with van der Waals surface area (Å²) in [7, 11) is 0. The van der Waals surface area contributed by atoms with Crippen molar-refractivity contribution in [1.29, 1.82) is 0 Å². The highest BCUT2D eigenvalue weighted by molar-refractivity contribution is 8.14. The summed E-state index contributed by atoms with van der Waals surface area (Å²) >= 11 is 7.44. The third-order valence-electron chi connectivity index (χ3n) is 2.95. The molecule has 0 aliphatic carbocycles. The minimum Gasteiger partial charge on any atom is -0.360 e. The number of aromatic nitrogens is 2. The Bertz CT molecular complexity index is 743. The van der Waals surface area contributed by atoms with Gasteiger partial charge in [-0.2, -0.15) is 5.10 Å². The van der Waals surface area contributed by atoms with E-state index in [0.717, 1.165) is 22.1 Å². The van der Waals surface area contributed by atoms with Gasteiger partial charge in [0.1, 0.15) is 5.04 Å². The standard InChI is InChI=1S/C13H12ClFN4OS/c14-9-3-12-8(4-17-19(12)5-10(9)15)11-1-2-21-13(18-11)6-20-7-16/h1,3-5H,2,6-7,16H2. The van der Waals surface area contributed by atoms with Gasteiger partial charge in [0, 0.05) is 11.3 Å². The van der Waals surface area contributed by atoms with E-state index in [-0.39, 0.29) is 11.8 Å². The van der Waals surface area contributed by atoms with E-state index in [4.69, 9.17) is 22.1 Å². The summed E-state index contributed by atoms with van der Waals surface area (Å²) in [5.41, 5.74) is 7.61. The summed E-state index contributed by atoms with van der Waals surface area (Å²) in [5, 5.41) is 5.05. The maximum absolute atomic E-state index is 13.4. The van der Waals surface area contributed by atoms with E-state index in [9.17, 15) is 4.39 Å². The molecular weight excluding hydrogens is 315 g/mol. The van der Waals surface area contributed by atoms with Gasteiger partial charge in [0.05, 0.1) is 42.0 Å². The maximum atomic E-state index is 13.4. The van der Waals surface area contributed by atoms with E-state index in [1.807, 2.05) is 6.08 Å². The normalized spacial score (nSPS) is 15.2. The highest BCUT2D eigenvalue weighted by atomic mass is 35.5. The first-order valence-electron chi connectivity index (χ1n) is 6.20. The van der Waals surface area contributed by atoms with Gasteiger partial charge in [0.25, 0.3) is 0 Å². The van der Waals surface area contributed by atoms with Crippen LogP contribution in [0.15, 0.2) is 29.5 Å². The molecule has 8 heteroatoms. The zero-order valence-electron chi connectivity index (χ0n) is 10.9. The molecule has 0 saturated heterocycles. The van der Waals surface area contributed by atoms with Crippen molar-refractivity contribution in [3.8, 4) is 0 Å². The van der Waals surface area contributed by atoms with Crippen molar-refractivity contribution in [3.05, 3.63) is 40.9 Å². The predicted molar refractivity (Wildman–Crippen MR) is 83.0 cm³/mol. The largest absolute Gasteiger partial charge is 0.360 e. The molecule has 0 unspecified atom stereocenters. The Hall–Kier alpha value is -1.41. The summed E-state index contributed by atoms with van der Waals surface area (Å²) < 4.78 is 20.1. The van der Waals surface area contributed by atoms with Crippen molar-refractivity contribution < 1.29 is 9.13 Å². The van der Waals surface area contributed by atoms with Gasteiger partial charge in [0.15, 0.2) is 5.82 Å². The smallest absolute Gasteiger partial charge is 0.160 e. The van der Waals surface area contributed by atoms with Gasteiger partial charge in [-0.15, -0.1) is 11.8 Å². The number of nitrogens with two attached hydrogens (primary N) is 1. The van der Waals surface area contributed by atoms with Crippen LogP contribution in [0.3, 0.4) is 0 Å². The molecule has 0 radical (unpaired) electrons. The molecule has 2 N–H and O–H groups in total. The molecule has 0 spiro atoms. The van der Waals surface area contributed by atoms with E-state index in [1.165, 1.54) is 10.7 Å². The summed E-state index contributed by atoms with van der Waals surface area (Å²) in [4.78, 5) is 4.53. The minimum absolute atomic E-state index is 0.0608. The number of thioether (sulfide) groups is 1. The lowest BCUT2D eigenvalue weighted by atomic mass is 10.2. The van der Waals surface area contributed by atoms with Crippen molar-refractivity contribution >= 4 is 39.6 Å². The van der Waals surface area contributed by atoms with Crippen molar-refractivity contribution in [1.82, 2.24) is 9.61 Å². The Labute approximate surface area is 129 Å². The average Bonchev–Trinajstić information content (AvgIpc) is 2.89. The summed E-state index contributed by atoms with van der Waals surface area (Å²) in [6.07, 6.45) is 4.89. The van der Waals surface area contributed by atoms with Crippen molar-refractivity contribution in [3.63, 3.8) is 0 Å². The topological polar surface area (TPSA) is 64.9 Å². The fourth-order valence-corrected chi connectivity index (χ4v) is 2.91. The highest BCUT2D eigenvalue weighted by Gasteiger charge is 2.15. The molecule has 3 rings (SSSR count). The van der Waals surface area contributed by atoms with Crippen LogP contribution in [0, 0.1) is 5.82 Å². The molecule has 21 heavy (non-hydrogen) atoms. The number of halogens is 2. The molecule has 0 atom stereocenters. The van der Waals surface area contributed by atoms with E-state index < -0.39 is 5.82 Å². The highest BCUT2D eigenvalue weighted by Crippen LogP contribution is 2.29. The number of fused-ring (bicyclic) bond motifs is 1. The molecule has 5 nitrogen and oxygen atoms in total. The van der Waals surface area contributed by atoms with E-state index in [2.05, 4.69) is 10.1 Å². The van der Waals surface area contributed by atoms with Crippen LogP contribution in [0.2, 0.25) is 5.02 Å². The van der Waals surface area contributed by atoms with Crippen LogP contribution in [-0.2, 0) is 4.74 Å². The summed E-state index contributed by atoms with van der Waals surface area (Å²) in [6, 6.07) is 1.55. The monoisotopic (exact) mass is 326 g/mol. The lowest BCUT2D eigenvalue weighted by molar-refractivity contribution is 0.181. The molecule has 110 valence electrons. The SMILES string of the molecule is NCOCC1=NC(c2cnn3cc(F)c(Cl)cc23)=CCS1. The summed E-state index contributed by atoms with van der Waals surface area (Å²) in [6.45, 7) is 0.539. The van der Waals surface area contributed by atoms with Crippen LogP contribution in [0.5, 0.6) is 0 Å². The van der Waals surface area contributed by atoms with Crippen LogP contribution in [0.1, 0.15) is 5.56 Å². The number of hydrogen-bond acceptors (Lipinski definition) is 5. The van der Waals surface area contributed by atoms with Crippen LogP contribution >= 0.6 is 23.4 Å². The molecule has 2 aromatic heterocycles. The number of ether oxygens (including phenoxy) is 1. The Balaban J connectivity index is 1.98. The molecular formula is C13H12ClFN4OS. The van der Waals surface area contributed by atoms with Gasteiger partial charge in [0.2, 0.25) is 0 Å². The van der Waals surface area contributed by atoms with Gasteiger partial charge in [-0.05, 0) is 12.1 Å². The third kappa shape index (κ3) is 2.96. The third-order valence-corrected chi connectivity index (χ3v) is 4.12. The van der Waals surface area contributed by atoms with Crippen LogP contribution < -0.4 is 5.73 Å². The van der Waals surface area contributed by atoms with Crippen LogP contribution in [-0.4, -0.2) is 33.7 Å². The molecule has 0 saturated carbocycles. The molecule has 3 heterocycles. The quantitative estimate of drug-likeness (QED) is 0.877. The average molecular weight is 327 g/mol. The van der Waals surface area contributed by atoms with Crippen molar-refractivity contribution in [2.24, 2.45) is 10.7 Å². The number of nitrogens with zero attached hydrogens (tertiary/aromatic N) is 3. The van der Waals surface area contributed by atoms with Crippen LogP contribution in [0.25, 0.3) is 11.2 Å². The van der Waals surface area contributed by atoms with Gasteiger partial charge < -0.3 is 10.5 Å². The van der Waals surface area contributed by atoms with Crippen molar-refractivity contribution in [2.45, 2.75) is 0 Å².